The molecule has 1 N–H and O–H groups in total. The van der Waals surface area contributed by atoms with Crippen molar-refractivity contribution in [2.45, 2.75) is 13.0 Å². The number of carbonyl (C=O) groups excluding carboxylic acids is 1. The molecule has 1 rings (SSSR count). The zero-order valence-corrected chi connectivity index (χ0v) is 9.76. The minimum Gasteiger partial charge on any atom is -0.495 e. The standard InChI is InChI=1S/C11H14ClNO2/c1-7(13-2)11(14)8-4-5-9(12)10(6-8)15-3/h4-7,13H,1-3H3. The number of methoxy groups -OCH3 is 1. The summed E-state index contributed by atoms with van der Waals surface area (Å²) in [4.78, 5) is 11.8. The number of carbonyl (C=O) groups is 1. The van der Waals surface area contributed by atoms with Crippen LogP contribution in [0.3, 0.4) is 0 Å². The summed E-state index contributed by atoms with van der Waals surface area (Å²) in [6, 6.07) is 4.80. The van der Waals surface area contributed by atoms with E-state index in [2.05, 4.69) is 5.32 Å². The number of rotatable bonds is 4. The van der Waals surface area contributed by atoms with E-state index < -0.39 is 0 Å². The minimum absolute atomic E-state index is 0.0208. The molecule has 0 amide bonds. The van der Waals surface area contributed by atoms with Crippen molar-refractivity contribution in [3.63, 3.8) is 0 Å². The molecular formula is C11H14ClNO2. The Morgan fingerprint density at radius 3 is 2.73 bits per heavy atom. The summed E-state index contributed by atoms with van der Waals surface area (Å²) in [7, 11) is 3.27. The van der Waals surface area contributed by atoms with Gasteiger partial charge in [-0.2, -0.15) is 0 Å². The van der Waals surface area contributed by atoms with Crippen LogP contribution < -0.4 is 10.1 Å². The van der Waals surface area contributed by atoms with E-state index in [4.69, 9.17) is 16.3 Å². The number of ketones is 1. The van der Waals surface area contributed by atoms with Crippen LogP contribution in [0.15, 0.2) is 18.2 Å². The van der Waals surface area contributed by atoms with Crippen molar-refractivity contribution < 1.29 is 9.53 Å². The summed E-state index contributed by atoms with van der Waals surface area (Å²) in [5.74, 6) is 0.540. The smallest absolute Gasteiger partial charge is 0.179 e. The van der Waals surface area contributed by atoms with Gasteiger partial charge in [0.2, 0.25) is 0 Å². The Hall–Kier alpha value is -1.06. The van der Waals surface area contributed by atoms with E-state index in [0.717, 1.165) is 0 Å². The average Bonchev–Trinajstić information content (AvgIpc) is 2.27. The molecule has 0 aliphatic rings. The Morgan fingerprint density at radius 1 is 1.53 bits per heavy atom. The molecule has 0 fully saturated rings. The summed E-state index contributed by atoms with van der Waals surface area (Å²) in [6.07, 6.45) is 0. The number of likely N-dealkylation sites (N-methyl/N-ethyl adjacent to an activating group) is 1. The number of halogens is 1. The van der Waals surface area contributed by atoms with Gasteiger partial charge in [0.15, 0.2) is 5.78 Å². The molecule has 1 atom stereocenters. The Labute approximate surface area is 94.4 Å². The van der Waals surface area contributed by atoms with Gasteiger partial charge in [-0.1, -0.05) is 11.6 Å². The molecule has 4 heteroatoms. The summed E-state index contributed by atoms with van der Waals surface area (Å²) >= 11 is 5.86. The highest BCUT2D eigenvalue weighted by atomic mass is 35.5. The maximum Gasteiger partial charge on any atom is 0.179 e. The van der Waals surface area contributed by atoms with Crippen LogP contribution >= 0.6 is 11.6 Å². The first kappa shape index (κ1) is 12.0. The maximum atomic E-state index is 11.8. The van der Waals surface area contributed by atoms with E-state index >= 15 is 0 Å². The molecule has 0 saturated carbocycles. The number of hydrogen-bond donors (Lipinski definition) is 1. The second kappa shape index (κ2) is 5.14. The van der Waals surface area contributed by atoms with Crippen LogP contribution in [0.25, 0.3) is 0 Å². The Balaban J connectivity index is 3.01. The van der Waals surface area contributed by atoms with Crippen LogP contribution in [0.1, 0.15) is 17.3 Å². The predicted octanol–water partition coefficient (Wildman–Crippen LogP) is 2.14. The predicted molar refractivity (Wildman–Crippen MR) is 60.9 cm³/mol. The molecule has 0 bridgehead atoms. The molecule has 3 nitrogen and oxygen atoms in total. The molecule has 0 spiro atoms. The third-order valence-electron chi connectivity index (χ3n) is 2.26. The van der Waals surface area contributed by atoms with Crippen molar-refractivity contribution in [3.05, 3.63) is 28.8 Å². The summed E-state index contributed by atoms with van der Waals surface area (Å²) in [6.45, 7) is 1.81. The molecule has 82 valence electrons. The number of hydrogen-bond acceptors (Lipinski definition) is 3. The molecule has 1 aromatic rings. The van der Waals surface area contributed by atoms with Crippen molar-refractivity contribution in [1.29, 1.82) is 0 Å². The first-order valence-electron chi connectivity index (χ1n) is 4.65. The molecule has 15 heavy (non-hydrogen) atoms. The highest BCUT2D eigenvalue weighted by Crippen LogP contribution is 2.25. The largest absolute Gasteiger partial charge is 0.495 e. The quantitative estimate of drug-likeness (QED) is 0.801. The third-order valence-corrected chi connectivity index (χ3v) is 2.57. The Bertz CT molecular complexity index is 366. The topological polar surface area (TPSA) is 38.3 Å². The fourth-order valence-corrected chi connectivity index (χ4v) is 1.39. The average molecular weight is 228 g/mol. The van der Waals surface area contributed by atoms with E-state index in [9.17, 15) is 4.79 Å². The van der Waals surface area contributed by atoms with E-state index in [1.54, 1.807) is 25.2 Å². The highest BCUT2D eigenvalue weighted by molar-refractivity contribution is 6.32. The molecular weight excluding hydrogens is 214 g/mol. The second-order valence-corrected chi connectivity index (χ2v) is 3.63. The summed E-state index contributed by atoms with van der Waals surface area (Å²) < 4.78 is 5.04. The first-order valence-corrected chi connectivity index (χ1v) is 5.03. The van der Waals surface area contributed by atoms with Gasteiger partial charge in [-0.25, -0.2) is 0 Å². The second-order valence-electron chi connectivity index (χ2n) is 3.22. The van der Waals surface area contributed by atoms with Gasteiger partial charge >= 0.3 is 0 Å². The van der Waals surface area contributed by atoms with Crippen molar-refractivity contribution >= 4 is 17.4 Å². The van der Waals surface area contributed by atoms with Gasteiger partial charge in [0, 0.05) is 5.56 Å². The summed E-state index contributed by atoms with van der Waals surface area (Å²) in [5.41, 5.74) is 0.595. The lowest BCUT2D eigenvalue weighted by molar-refractivity contribution is 0.0954. The highest BCUT2D eigenvalue weighted by Gasteiger charge is 2.14. The number of benzene rings is 1. The Kier molecular flexibility index (Phi) is 4.12. The molecule has 0 radical (unpaired) electrons. The maximum absolute atomic E-state index is 11.8. The monoisotopic (exact) mass is 227 g/mol. The SMILES string of the molecule is CNC(C)C(=O)c1ccc(Cl)c(OC)c1. The van der Waals surface area contributed by atoms with Crippen molar-refractivity contribution in [1.82, 2.24) is 5.32 Å². The number of nitrogens with one attached hydrogen (secondary N) is 1. The molecule has 0 heterocycles. The first-order chi connectivity index (χ1) is 7.10. The van der Waals surface area contributed by atoms with Crippen molar-refractivity contribution in [2.24, 2.45) is 0 Å². The molecule has 0 saturated heterocycles. The summed E-state index contributed by atoms with van der Waals surface area (Å²) in [5, 5.41) is 3.40. The molecule has 0 aliphatic carbocycles. The van der Waals surface area contributed by atoms with E-state index in [0.29, 0.717) is 16.3 Å². The van der Waals surface area contributed by atoms with E-state index in [1.807, 2.05) is 6.92 Å². The van der Waals surface area contributed by atoms with Crippen molar-refractivity contribution in [2.75, 3.05) is 14.2 Å². The van der Waals surface area contributed by atoms with Gasteiger partial charge in [-0.05, 0) is 32.2 Å². The molecule has 1 aromatic carbocycles. The Morgan fingerprint density at radius 2 is 2.20 bits per heavy atom. The fourth-order valence-electron chi connectivity index (χ4n) is 1.19. The fraction of sp³-hybridized carbons (Fsp3) is 0.364. The van der Waals surface area contributed by atoms with Crippen LogP contribution in [0.4, 0.5) is 0 Å². The zero-order valence-electron chi connectivity index (χ0n) is 9.00. The molecule has 1 unspecified atom stereocenters. The number of Topliss-reactive ketones (excluding diaryl/α,β-unsaturated/α-hetero) is 1. The van der Waals surface area contributed by atoms with Crippen LogP contribution in [-0.4, -0.2) is 26.0 Å². The van der Waals surface area contributed by atoms with Gasteiger partial charge in [-0.15, -0.1) is 0 Å². The van der Waals surface area contributed by atoms with Crippen LogP contribution in [0.2, 0.25) is 5.02 Å². The van der Waals surface area contributed by atoms with Gasteiger partial charge in [0.05, 0.1) is 18.2 Å². The zero-order chi connectivity index (χ0) is 11.4. The van der Waals surface area contributed by atoms with Gasteiger partial charge in [-0.3, -0.25) is 4.79 Å². The van der Waals surface area contributed by atoms with E-state index in [1.165, 1.54) is 7.11 Å². The van der Waals surface area contributed by atoms with Gasteiger partial charge in [0.1, 0.15) is 5.75 Å². The van der Waals surface area contributed by atoms with Crippen LogP contribution in [0, 0.1) is 0 Å². The van der Waals surface area contributed by atoms with Gasteiger partial charge in [0.25, 0.3) is 0 Å². The third kappa shape index (κ3) is 2.70. The van der Waals surface area contributed by atoms with Crippen LogP contribution in [-0.2, 0) is 0 Å². The van der Waals surface area contributed by atoms with E-state index in [-0.39, 0.29) is 11.8 Å². The number of ether oxygens (including phenoxy) is 1. The lowest BCUT2D eigenvalue weighted by atomic mass is 10.1. The normalized spacial score (nSPS) is 12.3. The van der Waals surface area contributed by atoms with Crippen molar-refractivity contribution in [3.8, 4) is 5.75 Å². The van der Waals surface area contributed by atoms with Crippen LogP contribution in [0.5, 0.6) is 5.75 Å². The minimum atomic E-state index is -0.212. The lowest BCUT2D eigenvalue weighted by Gasteiger charge is -2.10. The lowest BCUT2D eigenvalue weighted by Crippen LogP contribution is -2.30. The van der Waals surface area contributed by atoms with Gasteiger partial charge < -0.3 is 10.1 Å². The molecule has 0 aromatic heterocycles. The molecule has 0 aliphatic heterocycles.